The molecule has 3 rings (SSSR count). The van der Waals surface area contributed by atoms with Crippen LogP contribution in [0.2, 0.25) is 0 Å². The molecule has 1 aliphatic rings. The summed E-state index contributed by atoms with van der Waals surface area (Å²) in [6, 6.07) is 4.01. The van der Waals surface area contributed by atoms with Gasteiger partial charge in [-0.1, -0.05) is 6.07 Å². The number of hydrogen-bond acceptors (Lipinski definition) is 5. The number of aromatic nitrogens is 1. The van der Waals surface area contributed by atoms with Crippen LogP contribution in [0.25, 0.3) is 9.88 Å². The number of aryl methyl sites for hydroxylation is 1. The summed E-state index contributed by atoms with van der Waals surface area (Å²) < 4.78 is 0. The smallest absolute Gasteiger partial charge is 0.265 e. The van der Waals surface area contributed by atoms with Crippen LogP contribution in [0.3, 0.4) is 0 Å². The number of likely N-dealkylation sites (tertiary alicyclic amines) is 1. The fraction of sp³-hybridized carbons (Fsp3) is 0.438. The van der Waals surface area contributed by atoms with Crippen molar-refractivity contribution < 1.29 is 9.59 Å². The van der Waals surface area contributed by atoms with Crippen molar-refractivity contribution in [2.45, 2.75) is 26.2 Å². The first-order chi connectivity index (χ1) is 11.0. The van der Waals surface area contributed by atoms with Gasteiger partial charge >= 0.3 is 0 Å². The number of thiophene rings is 1. The molecule has 0 saturated carbocycles. The van der Waals surface area contributed by atoms with E-state index >= 15 is 0 Å². The van der Waals surface area contributed by atoms with E-state index in [0.29, 0.717) is 25.4 Å². The number of nitrogens with two attached hydrogens (primary N) is 1. The fourth-order valence-electron chi connectivity index (χ4n) is 2.87. The number of nitrogens with zero attached hydrogens (tertiary/aromatic N) is 2. The van der Waals surface area contributed by atoms with Crippen molar-refractivity contribution in [3.05, 3.63) is 28.1 Å². The highest BCUT2D eigenvalue weighted by Crippen LogP contribution is 2.32. The van der Waals surface area contributed by atoms with E-state index in [1.165, 1.54) is 11.3 Å². The van der Waals surface area contributed by atoms with Gasteiger partial charge in [0.2, 0.25) is 5.91 Å². The summed E-state index contributed by atoms with van der Waals surface area (Å²) in [7, 11) is 0. The Kier molecular flexibility index (Phi) is 4.77. The van der Waals surface area contributed by atoms with Crippen LogP contribution in [0.4, 0.5) is 0 Å². The average molecular weight is 349 g/mol. The predicted octanol–water partition coefficient (Wildman–Crippen LogP) is 2.91. The van der Waals surface area contributed by atoms with Crippen molar-refractivity contribution in [1.82, 2.24) is 9.88 Å². The third kappa shape index (κ3) is 3.61. The van der Waals surface area contributed by atoms with E-state index in [2.05, 4.69) is 4.98 Å². The molecule has 0 aliphatic carbocycles. The first-order valence-electron chi connectivity index (χ1n) is 7.63. The summed E-state index contributed by atoms with van der Waals surface area (Å²) in [6.45, 7) is 3.26. The number of primary amides is 1. The molecule has 0 bridgehead atoms. The Morgan fingerprint density at radius 1 is 1.39 bits per heavy atom. The van der Waals surface area contributed by atoms with Crippen molar-refractivity contribution >= 4 is 34.5 Å². The molecule has 5 nitrogen and oxygen atoms in total. The zero-order valence-corrected chi connectivity index (χ0v) is 14.6. The lowest BCUT2D eigenvalue weighted by Gasteiger charge is -2.31. The van der Waals surface area contributed by atoms with Crippen molar-refractivity contribution in [3.63, 3.8) is 0 Å². The second-order valence-electron chi connectivity index (χ2n) is 5.82. The SMILES string of the molecule is Cc1nc(-c2cccs2)sc1C(=O)N1CCC(CC(N)=O)CC1. The number of amides is 2. The highest BCUT2D eigenvalue weighted by atomic mass is 32.1. The third-order valence-corrected chi connectivity index (χ3v) is 6.30. The molecule has 2 amide bonds. The summed E-state index contributed by atoms with van der Waals surface area (Å²) in [5, 5.41) is 2.92. The molecule has 0 unspecified atom stereocenters. The highest BCUT2D eigenvalue weighted by molar-refractivity contribution is 7.22. The molecular formula is C16H19N3O2S2. The van der Waals surface area contributed by atoms with E-state index in [0.717, 1.165) is 33.3 Å². The molecule has 1 fully saturated rings. The zero-order chi connectivity index (χ0) is 16.4. The van der Waals surface area contributed by atoms with Crippen LogP contribution in [-0.4, -0.2) is 34.8 Å². The van der Waals surface area contributed by atoms with Gasteiger partial charge in [-0.2, -0.15) is 0 Å². The molecule has 3 heterocycles. The minimum atomic E-state index is -0.256. The molecule has 7 heteroatoms. The van der Waals surface area contributed by atoms with Gasteiger partial charge < -0.3 is 10.6 Å². The molecule has 2 aromatic heterocycles. The van der Waals surface area contributed by atoms with Crippen molar-refractivity contribution in [2.75, 3.05) is 13.1 Å². The van der Waals surface area contributed by atoms with Crippen molar-refractivity contribution in [2.24, 2.45) is 11.7 Å². The standard InChI is InChI=1S/C16H19N3O2S2/c1-10-14(23-15(18-10)12-3-2-8-22-12)16(21)19-6-4-11(5-7-19)9-13(17)20/h2-3,8,11H,4-7,9H2,1H3,(H2,17,20). The minimum absolute atomic E-state index is 0.0559. The number of carbonyl (C=O) groups excluding carboxylic acids is 2. The molecule has 1 saturated heterocycles. The largest absolute Gasteiger partial charge is 0.370 e. The van der Waals surface area contributed by atoms with E-state index in [-0.39, 0.29) is 11.8 Å². The van der Waals surface area contributed by atoms with Crippen LogP contribution in [0, 0.1) is 12.8 Å². The van der Waals surface area contributed by atoms with Gasteiger partial charge in [0.15, 0.2) is 0 Å². The monoisotopic (exact) mass is 349 g/mol. The van der Waals surface area contributed by atoms with Gasteiger partial charge in [-0.3, -0.25) is 9.59 Å². The molecule has 2 aromatic rings. The van der Waals surface area contributed by atoms with Crippen LogP contribution in [-0.2, 0) is 4.79 Å². The number of carbonyl (C=O) groups is 2. The number of hydrogen-bond donors (Lipinski definition) is 1. The van der Waals surface area contributed by atoms with Crippen LogP contribution in [0.5, 0.6) is 0 Å². The maximum Gasteiger partial charge on any atom is 0.265 e. The quantitative estimate of drug-likeness (QED) is 0.922. The first kappa shape index (κ1) is 16.1. The lowest BCUT2D eigenvalue weighted by Crippen LogP contribution is -2.39. The summed E-state index contributed by atoms with van der Waals surface area (Å²) >= 11 is 3.09. The van der Waals surface area contributed by atoms with Gasteiger partial charge in [0, 0.05) is 19.5 Å². The van der Waals surface area contributed by atoms with Crippen LogP contribution in [0.1, 0.15) is 34.6 Å². The molecule has 2 N–H and O–H groups in total. The van der Waals surface area contributed by atoms with Crippen molar-refractivity contribution in [1.29, 1.82) is 0 Å². The number of thiazole rings is 1. The van der Waals surface area contributed by atoms with Gasteiger partial charge in [-0.05, 0) is 37.1 Å². The normalized spacial score (nSPS) is 15.8. The second-order valence-corrected chi connectivity index (χ2v) is 7.76. The molecule has 0 radical (unpaired) electrons. The topological polar surface area (TPSA) is 76.3 Å². The van der Waals surface area contributed by atoms with E-state index in [9.17, 15) is 9.59 Å². The third-order valence-electron chi connectivity index (χ3n) is 4.11. The van der Waals surface area contributed by atoms with E-state index in [1.54, 1.807) is 11.3 Å². The van der Waals surface area contributed by atoms with Crippen LogP contribution < -0.4 is 5.73 Å². The Morgan fingerprint density at radius 3 is 2.74 bits per heavy atom. The number of piperidine rings is 1. The predicted molar refractivity (Wildman–Crippen MR) is 92.6 cm³/mol. The van der Waals surface area contributed by atoms with E-state index in [4.69, 9.17) is 5.73 Å². The number of rotatable bonds is 4. The lowest BCUT2D eigenvalue weighted by molar-refractivity contribution is -0.119. The van der Waals surface area contributed by atoms with E-state index in [1.807, 2.05) is 29.3 Å². The summed E-state index contributed by atoms with van der Waals surface area (Å²) in [5.41, 5.74) is 6.05. The molecule has 1 aliphatic heterocycles. The second kappa shape index (κ2) is 6.80. The van der Waals surface area contributed by atoms with Gasteiger partial charge in [0.25, 0.3) is 5.91 Å². The fourth-order valence-corrected chi connectivity index (χ4v) is 4.70. The van der Waals surface area contributed by atoms with Gasteiger partial charge in [-0.25, -0.2) is 4.98 Å². The Morgan fingerprint density at radius 2 is 2.13 bits per heavy atom. The highest BCUT2D eigenvalue weighted by Gasteiger charge is 2.27. The summed E-state index contributed by atoms with van der Waals surface area (Å²) in [6.07, 6.45) is 2.10. The molecule has 0 aromatic carbocycles. The Hall–Kier alpha value is -1.73. The van der Waals surface area contributed by atoms with E-state index < -0.39 is 0 Å². The maximum absolute atomic E-state index is 12.7. The molecule has 0 atom stereocenters. The van der Waals surface area contributed by atoms with Crippen LogP contribution >= 0.6 is 22.7 Å². The molecule has 23 heavy (non-hydrogen) atoms. The lowest BCUT2D eigenvalue weighted by atomic mass is 9.93. The Labute approximate surface area is 143 Å². The van der Waals surface area contributed by atoms with Crippen molar-refractivity contribution in [3.8, 4) is 9.88 Å². The molecule has 122 valence electrons. The maximum atomic E-state index is 12.7. The molecular weight excluding hydrogens is 330 g/mol. The van der Waals surface area contributed by atoms with Gasteiger partial charge in [-0.15, -0.1) is 22.7 Å². The van der Waals surface area contributed by atoms with Gasteiger partial charge in [0.05, 0.1) is 10.6 Å². The Balaban J connectivity index is 1.68. The average Bonchev–Trinajstić information content (AvgIpc) is 3.16. The van der Waals surface area contributed by atoms with Crippen LogP contribution in [0.15, 0.2) is 17.5 Å². The molecule has 0 spiro atoms. The summed E-state index contributed by atoms with van der Waals surface area (Å²) in [5.74, 6) is 0.106. The minimum Gasteiger partial charge on any atom is -0.370 e. The van der Waals surface area contributed by atoms with Gasteiger partial charge in [0.1, 0.15) is 9.88 Å². The first-order valence-corrected chi connectivity index (χ1v) is 9.33. The Bertz CT molecular complexity index is 701. The zero-order valence-electron chi connectivity index (χ0n) is 12.9. The summed E-state index contributed by atoms with van der Waals surface area (Å²) in [4.78, 5) is 32.0.